The van der Waals surface area contributed by atoms with Crippen molar-refractivity contribution in [1.29, 1.82) is 0 Å². The summed E-state index contributed by atoms with van der Waals surface area (Å²) in [6.45, 7) is 5.56. The minimum atomic E-state index is -0.447. The summed E-state index contributed by atoms with van der Waals surface area (Å²) in [6.07, 6.45) is 3.55. The van der Waals surface area contributed by atoms with Gasteiger partial charge in [-0.3, -0.25) is 9.59 Å². The minimum absolute atomic E-state index is 0.0285. The third-order valence-corrected chi connectivity index (χ3v) is 3.83. The number of morpholine rings is 1. The van der Waals surface area contributed by atoms with Crippen molar-refractivity contribution in [2.45, 2.75) is 44.8 Å². The number of nitrogens with one attached hydrogen (secondary N) is 2. The van der Waals surface area contributed by atoms with Gasteiger partial charge in [-0.2, -0.15) is 0 Å². The van der Waals surface area contributed by atoms with Crippen molar-refractivity contribution in [2.24, 2.45) is 0 Å². The predicted octanol–water partition coefficient (Wildman–Crippen LogP) is -0.118. The van der Waals surface area contributed by atoms with Gasteiger partial charge in [-0.1, -0.05) is 0 Å². The molecule has 2 unspecified atom stereocenters. The molecule has 0 aromatic rings. The van der Waals surface area contributed by atoms with Crippen LogP contribution in [-0.2, 0) is 14.3 Å². The molecule has 6 nitrogen and oxygen atoms in total. The maximum atomic E-state index is 12.2. The van der Waals surface area contributed by atoms with Crippen LogP contribution in [-0.4, -0.2) is 61.6 Å². The summed E-state index contributed by atoms with van der Waals surface area (Å²) in [5.74, 6) is -0.0858. The van der Waals surface area contributed by atoms with E-state index in [-0.39, 0.29) is 17.9 Å². The molecule has 0 bridgehead atoms. The number of amides is 2. The SMILES string of the molecule is CC(NC(=O)CC1CNCCO1)C(=O)N1CCCCC1. The van der Waals surface area contributed by atoms with Crippen molar-refractivity contribution in [3.8, 4) is 0 Å². The largest absolute Gasteiger partial charge is 0.375 e. The Morgan fingerprint density at radius 2 is 2.10 bits per heavy atom. The summed E-state index contributed by atoms with van der Waals surface area (Å²) in [5, 5.41) is 5.97. The molecule has 0 aliphatic carbocycles. The summed E-state index contributed by atoms with van der Waals surface area (Å²) in [4.78, 5) is 26.0. The van der Waals surface area contributed by atoms with E-state index in [0.717, 1.165) is 32.5 Å². The standard InChI is InChI=1S/C14H25N3O3/c1-11(14(19)17-6-3-2-4-7-17)16-13(18)9-12-10-15-5-8-20-12/h11-12,15H,2-10H2,1H3,(H,16,18). The highest BCUT2D eigenvalue weighted by atomic mass is 16.5. The van der Waals surface area contributed by atoms with Crippen LogP contribution in [0.3, 0.4) is 0 Å². The molecule has 0 spiro atoms. The van der Waals surface area contributed by atoms with Crippen LogP contribution in [0.15, 0.2) is 0 Å². The average molecular weight is 283 g/mol. The fourth-order valence-electron chi connectivity index (χ4n) is 2.71. The molecule has 2 saturated heterocycles. The molecule has 2 heterocycles. The smallest absolute Gasteiger partial charge is 0.244 e. The van der Waals surface area contributed by atoms with E-state index in [4.69, 9.17) is 4.74 Å². The predicted molar refractivity (Wildman–Crippen MR) is 75.3 cm³/mol. The number of piperidine rings is 1. The summed E-state index contributed by atoms with van der Waals surface area (Å²) in [7, 11) is 0. The molecular weight excluding hydrogens is 258 g/mol. The van der Waals surface area contributed by atoms with Crippen LogP contribution in [0.4, 0.5) is 0 Å². The molecule has 2 fully saturated rings. The molecule has 6 heteroatoms. The van der Waals surface area contributed by atoms with Gasteiger partial charge in [0.15, 0.2) is 0 Å². The number of carbonyl (C=O) groups excluding carboxylic acids is 2. The fourth-order valence-corrected chi connectivity index (χ4v) is 2.71. The highest BCUT2D eigenvalue weighted by Crippen LogP contribution is 2.10. The van der Waals surface area contributed by atoms with E-state index in [1.807, 2.05) is 4.90 Å². The van der Waals surface area contributed by atoms with E-state index >= 15 is 0 Å². The van der Waals surface area contributed by atoms with Gasteiger partial charge in [0.2, 0.25) is 11.8 Å². The van der Waals surface area contributed by atoms with Crippen molar-refractivity contribution in [3.05, 3.63) is 0 Å². The number of ether oxygens (including phenoxy) is 1. The Hall–Kier alpha value is -1.14. The van der Waals surface area contributed by atoms with Gasteiger partial charge in [-0.25, -0.2) is 0 Å². The van der Waals surface area contributed by atoms with E-state index in [1.54, 1.807) is 6.92 Å². The quantitative estimate of drug-likeness (QED) is 0.755. The van der Waals surface area contributed by atoms with Crippen LogP contribution < -0.4 is 10.6 Å². The first-order chi connectivity index (χ1) is 9.66. The Kier molecular flexibility index (Phi) is 5.79. The maximum Gasteiger partial charge on any atom is 0.244 e. The lowest BCUT2D eigenvalue weighted by atomic mass is 10.1. The lowest BCUT2D eigenvalue weighted by Gasteiger charge is -2.30. The third-order valence-electron chi connectivity index (χ3n) is 3.83. The van der Waals surface area contributed by atoms with Crippen molar-refractivity contribution in [1.82, 2.24) is 15.5 Å². The topological polar surface area (TPSA) is 70.7 Å². The van der Waals surface area contributed by atoms with Gasteiger partial charge in [0, 0.05) is 26.2 Å². The zero-order valence-electron chi connectivity index (χ0n) is 12.2. The molecule has 0 radical (unpaired) electrons. The van der Waals surface area contributed by atoms with Crippen LogP contribution in [0.2, 0.25) is 0 Å². The molecule has 2 atom stereocenters. The summed E-state index contributed by atoms with van der Waals surface area (Å²) in [6, 6.07) is -0.447. The summed E-state index contributed by atoms with van der Waals surface area (Å²) < 4.78 is 5.49. The van der Waals surface area contributed by atoms with Gasteiger partial charge >= 0.3 is 0 Å². The van der Waals surface area contributed by atoms with Gasteiger partial charge < -0.3 is 20.3 Å². The molecule has 0 aromatic heterocycles. The number of carbonyl (C=O) groups is 2. The number of rotatable bonds is 4. The first-order valence-electron chi connectivity index (χ1n) is 7.57. The van der Waals surface area contributed by atoms with Crippen molar-refractivity contribution >= 4 is 11.8 Å². The molecule has 2 aliphatic rings. The lowest BCUT2D eigenvalue weighted by molar-refractivity contribution is -0.137. The van der Waals surface area contributed by atoms with E-state index in [1.165, 1.54) is 6.42 Å². The fraction of sp³-hybridized carbons (Fsp3) is 0.857. The highest BCUT2D eigenvalue weighted by molar-refractivity contribution is 5.87. The van der Waals surface area contributed by atoms with Crippen LogP contribution in [0.1, 0.15) is 32.6 Å². The second kappa shape index (κ2) is 7.59. The Bertz CT molecular complexity index is 337. The second-order valence-corrected chi connectivity index (χ2v) is 5.58. The molecule has 2 amide bonds. The normalized spacial score (nSPS) is 25.1. The maximum absolute atomic E-state index is 12.2. The van der Waals surface area contributed by atoms with E-state index in [9.17, 15) is 9.59 Å². The molecule has 114 valence electrons. The van der Waals surface area contributed by atoms with Crippen molar-refractivity contribution < 1.29 is 14.3 Å². The van der Waals surface area contributed by atoms with Crippen molar-refractivity contribution in [3.63, 3.8) is 0 Å². The zero-order chi connectivity index (χ0) is 14.4. The third kappa shape index (κ3) is 4.45. The first kappa shape index (κ1) is 15.3. The highest BCUT2D eigenvalue weighted by Gasteiger charge is 2.24. The van der Waals surface area contributed by atoms with Crippen LogP contribution in [0.5, 0.6) is 0 Å². The average Bonchev–Trinajstić information content (AvgIpc) is 2.48. The van der Waals surface area contributed by atoms with Crippen LogP contribution in [0, 0.1) is 0 Å². The molecule has 2 N–H and O–H groups in total. The lowest BCUT2D eigenvalue weighted by Crippen LogP contribution is -2.49. The van der Waals surface area contributed by atoms with E-state index < -0.39 is 6.04 Å². The number of hydrogen-bond acceptors (Lipinski definition) is 4. The van der Waals surface area contributed by atoms with Gasteiger partial charge in [0.05, 0.1) is 19.1 Å². The van der Waals surface area contributed by atoms with Crippen LogP contribution >= 0.6 is 0 Å². The van der Waals surface area contributed by atoms with Gasteiger partial charge in [-0.05, 0) is 26.2 Å². The minimum Gasteiger partial charge on any atom is -0.375 e. The summed E-state index contributed by atoms with van der Waals surface area (Å²) in [5.41, 5.74) is 0. The van der Waals surface area contributed by atoms with Gasteiger partial charge in [0.1, 0.15) is 6.04 Å². The Labute approximate surface area is 120 Å². The first-order valence-corrected chi connectivity index (χ1v) is 7.57. The van der Waals surface area contributed by atoms with Gasteiger partial charge in [0.25, 0.3) is 0 Å². The molecule has 0 saturated carbocycles. The monoisotopic (exact) mass is 283 g/mol. The molecule has 20 heavy (non-hydrogen) atoms. The molecule has 2 aliphatic heterocycles. The number of nitrogens with zero attached hydrogens (tertiary/aromatic N) is 1. The number of hydrogen-bond donors (Lipinski definition) is 2. The number of likely N-dealkylation sites (tertiary alicyclic amines) is 1. The molecule has 2 rings (SSSR count). The molecule has 0 aromatic carbocycles. The molecular formula is C14H25N3O3. The van der Waals surface area contributed by atoms with Crippen LogP contribution in [0.25, 0.3) is 0 Å². The Morgan fingerprint density at radius 3 is 2.75 bits per heavy atom. The van der Waals surface area contributed by atoms with Crippen molar-refractivity contribution in [2.75, 3.05) is 32.8 Å². The Balaban J connectivity index is 1.73. The van der Waals surface area contributed by atoms with E-state index in [2.05, 4.69) is 10.6 Å². The summed E-state index contributed by atoms with van der Waals surface area (Å²) >= 11 is 0. The van der Waals surface area contributed by atoms with Gasteiger partial charge in [-0.15, -0.1) is 0 Å². The zero-order valence-corrected chi connectivity index (χ0v) is 12.2. The second-order valence-electron chi connectivity index (χ2n) is 5.58. The Morgan fingerprint density at radius 1 is 1.35 bits per heavy atom. The van der Waals surface area contributed by atoms with E-state index in [0.29, 0.717) is 19.6 Å².